The molecule has 162 valence electrons. The Bertz CT molecular complexity index is 1090. The first kappa shape index (κ1) is 21.9. The summed E-state index contributed by atoms with van der Waals surface area (Å²) in [4.78, 5) is 25.1. The van der Waals surface area contributed by atoms with Crippen molar-refractivity contribution in [2.75, 3.05) is 32.3 Å². The van der Waals surface area contributed by atoms with Crippen molar-refractivity contribution in [1.82, 2.24) is 4.57 Å². The van der Waals surface area contributed by atoms with Crippen LogP contribution < -0.4 is 9.47 Å². The van der Waals surface area contributed by atoms with Crippen LogP contribution in [0.5, 0.6) is 11.5 Å². The second-order valence-electron chi connectivity index (χ2n) is 7.28. The summed E-state index contributed by atoms with van der Waals surface area (Å²) in [6.07, 6.45) is 0.526. The smallest absolute Gasteiger partial charge is 0.342 e. The van der Waals surface area contributed by atoms with Crippen molar-refractivity contribution in [2.24, 2.45) is 0 Å². The summed E-state index contributed by atoms with van der Waals surface area (Å²) in [5.74, 6) is 0.00517. The number of hydrogen-bond donors (Lipinski definition) is 0. The van der Waals surface area contributed by atoms with Gasteiger partial charge in [-0.25, -0.2) is 13.2 Å². The van der Waals surface area contributed by atoms with Crippen LogP contribution in [0.1, 0.15) is 44.6 Å². The third kappa shape index (κ3) is 4.35. The SMILES string of the molecule is COc1ccc(C(=O)OCC(=O)c2cc(C)n([C@@H]3CCS(=O)(=O)C3)c2C)c(OC)c1. The molecule has 1 aromatic heterocycles. The van der Waals surface area contributed by atoms with Crippen LogP contribution in [0.2, 0.25) is 0 Å². The highest BCUT2D eigenvalue weighted by Gasteiger charge is 2.31. The van der Waals surface area contributed by atoms with Gasteiger partial charge >= 0.3 is 5.97 Å². The van der Waals surface area contributed by atoms with Gasteiger partial charge in [0.15, 0.2) is 16.4 Å². The van der Waals surface area contributed by atoms with Gasteiger partial charge in [0.05, 0.1) is 25.7 Å². The molecule has 1 saturated heterocycles. The number of benzene rings is 1. The lowest BCUT2D eigenvalue weighted by atomic mass is 10.1. The van der Waals surface area contributed by atoms with Crippen molar-refractivity contribution in [3.05, 3.63) is 46.8 Å². The molecule has 1 aliphatic heterocycles. The highest BCUT2D eigenvalue weighted by atomic mass is 32.2. The molecular weight excluding hydrogens is 410 g/mol. The molecule has 9 heteroatoms. The zero-order valence-corrected chi connectivity index (χ0v) is 18.2. The van der Waals surface area contributed by atoms with Gasteiger partial charge in [-0.3, -0.25) is 4.79 Å². The van der Waals surface area contributed by atoms with Crippen molar-refractivity contribution in [3.63, 3.8) is 0 Å². The van der Waals surface area contributed by atoms with Crippen molar-refractivity contribution in [3.8, 4) is 11.5 Å². The average Bonchev–Trinajstić information content (AvgIpc) is 3.22. The van der Waals surface area contributed by atoms with Crippen LogP contribution in [0.4, 0.5) is 0 Å². The molecule has 2 heterocycles. The Morgan fingerprint density at radius 2 is 1.83 bits per heavy atom. The third-order valence-corrected chi connectivity index (χ3v) is 7.07. The van der Waals surface area contributed by atoms with Crippen LogP contribution in [-0.4, -0.2) is 57.1 Å². The quantitative estimate of drug-likeness (QED) is 0.486. The summed E-state index contributed by atoms with van der Waals surface area (Å²) < 4.78 is 41.1. The lowest BCUT2D eigenvalue weighted by Crippen LogP contribution is -2.17. The maximum atomic E-state index is 12.7. The summed E-state index contributed by atoms with van der Waals surface area (Å²) in [6, 6.07) is 6.20. The molecule has 0 bridgehead atoms. The molecule has 0 N–H and O–H groups in total. The molecule has 1 aromatic carbocycles. The monoisotopic (exact) mass is 435 g/mol. The Hall–Kier alpha value is -2.81. The molecule has 0 spiro atoms. The van der Waals surface area contributed by atoms with Crippen LogP contribution >= 0.6 is 0 Å². The minimum atomic E-state index is -3.05. The predicted octanol–water partition coefficient (Wildman–Crippen LogP) is 2.52. The van der Waals surface area contributed by atoms with E-state index in [-0.39, 0.29) is 34.6 Å². The number of aromatic nitrogens is 1. The first-order chi connectivity index (χ1) is 14.2. The van der Waals surface area contributed by atoms with Crippen LogP contribution in [0.15, 0.2) is 24.3 Å². The Kier molecular flexibility index (Phi) is 6.21. The molecule has 0 unspecified atom stereocenters. The number of methoxy groups -OCH3 is 2. The average molecular weight is 435 g/mol. The molecule has 3 rings (SSSR count). The van der Waals surface area contributed by atoms with E-state index < -0.39 is 22.4 Å². The van der Waals surface area contributed by atoms with E-state index in [9.17, 15) is 18.0 Å². The molecular formula is C21H25NO7S. The number of carbonyl (C=O) groups excluding carboxylic acids is 2. The lowest BCUT2D eigenvalue weighted by Gasteiger charge is -2.16. The Morgan fingerprint density at radius 3 is 2.43 bits per heavy atom. The molecule has 1 aliphatic rings. The second-order valence-corrected chi connectivity index (χ2v) is 9.51. The van der Waals surface area contributed by atoms with E-state index in [1.54, 1.807) is 25.1 Å². The van der Waals surface area contributed by atoms with Gasteiger partial charge in [0, 0.05) is 29.1 Å². The van der Waals surface area contributed by atoms with Crippen molar-refractivity contribution >= 4 is 21.6 Å². The largest absolute Gasteiger partial charge is 0.497 e. The first-order valence-electron chi connectivity index (χ1n) is 9.48. The van der Waals surface area contributed by atoms with E-state index in [4.69, 9.17) is 14.2 Å². The molecule has 2 aromatic rings. The number of hydrogen-bond acceptors (Lipinski definition) is 7. The lowest BCUT2D eigenvalue weighted by molar-refractivity contribution is 0.0471. The zero-order chi connectivity index (χ0) is 22.1. The summed E-state index contributed by atoms with van der Waals surface area (Å²) in [6.45, 7) is 3.18. The minimum absolute atomic E-state index is 0.0727. The van der Waals surface area contributed by atoms with Crippen LogP contribution in [0, 0.1) is 13.8 Å². The highest BCUT2D eigenvalue weighted by molar-refractivity contribution is 7.91. The predicted molar refractivity (Wildman–Crippen MR) is 110 cm³/mol. The Morgan fingerprint density at radius 1 is 1.10 bits per heavy atom. The van der Waals surface area contributed by atoms with E-state index in [2.05, 4.69) is 0 Å². The maximum absolute atomic E-state index is 12.7. The molecule has 0 saturated carbocycles. The van der Waals surface area contributed by atoms with Gasteiger partial charge in [0.2, 0.25) is 5.78 Å². The highest BCUT2D eigenvalue weighted by Crippen LogP contribution is 2.29. The number of sulfone groups is 1. The second kappa shape index (κ2) is 8.51. The number of carbonyl (C=O) groups is 2. The van der Waals surface area contributed by atoms with Crippen molar-refractivity contribution in [2.45, 2.75) is 26.3 Å². The number of rotatable bonds is 7. The van der Waals surface area contributed by atoms with Gasteiger partial charge in [-0.05, 0) is 38.5 Å². The van der Waals surface area contributed by atoms with E-state index in [0.717, 1.165) is 5.69 Å². The number of ether oxygens (including phenoxy) is 3. The number of Topliss-reactive ketones (excluding diaryl/α,β-unsaturated/α-hetero) is 1. The first-order valence-corrected chi connectivity index (χ1v) is 11.3. The molecule has 0 aliphatic carbocycles. The van der Waals surface area contributed by atoms with Crippen LogP contribution in [0.25, 0.3) is 0 Å². The standard InChI is InChI=1S/C21H25NO7S/c1-13-9-18(14(2)22(13)15-7-8-30(25,26)12-15)19(23)11-29-21(24)17-6-5-16(27-3)10-20(17)28-4/h5-6,9-10,15H,7-8,11-12H2,1-4H3/t15-/m1/s1. The molecule has 0 radical (unpaired) electrons. The van der Waals surface area contributed by atoms with Crippen molar-refractivity contribution < 1.29 is 32.2 Å². The van der Waals surface area contributed by atoms with Gasteiger partial charge in [0.25, 0.3) is 0 Å². The van der Waals surface area contributed by atoms with Gasteiger partial charge < -0.3 is 18.8 Å². The Labute approximate surface area is 175 Å². The molecule has 8 nitrogen and oxygen atoms in total. The summed E-state index contributed by atoms with van der Waals surface area (Å²) in [5, 5.41) is 0. The van der Waals surface area contributed by atoms with Gasteiger partial charge in [-0.1, -0.05) is 0 Å². The fourth-order valence-electron chi connectivity index (χ4n) is 3.85. The fraction of sp³-hybridized carbons (Fsp3) is 0.429. The number of aryl methyl sites for hydroxylation is 1. The minimum Gasteiger partial charge on any atom is -0.497 e. The summed E-state index contributed by atoms with van der Waals surface area (Å²) in [7, 11) is -0.120. The maximum Gasteiger partial charge on any atom is 0.342 e. The van der Waals surface area contributed by atoms with E-state index in [0.29, 0.717) is 23.4 Å². The van der Waals surface area contributed by atoms with Gasteiger partial charge in [-0.15, -0.1) is 0 Å². The Balaban J connectivity index is 1.73. The zero-order valence-electron chi connectivity index (χ0n) is 17.4. The number of esters is 1. The molecule has 30 heavy (non-hydrogen) atoms. The molecule has 1 atom stereocenters. The summed E-state index contributed by atoms with van der Waals surface area (Å²) in [5.41, 5.74) is 2.10. The summed E-state index contributed by atoms with van der Waals surface area (Å²) >= 11 is 0. The normalized spacial score (nSPS) is 17.5. The van der Waals surface area contributed by atoms with Gasteiger partial charge in [0.1, 0.15) is 17.1 Å². The number of nitrogens with zero attached hydrogens (tertiary/aromatic N) is 1. The van der Waals surface area contributed by atoms with E-state index >= 15 is 0 Å². The topological polar surface area (TPSA) is 101 Å². The van der Waals surface area contributed by atoms with Gasteiger partial charge in [-0.2, -0.15) is 0 Å². The molecule has 1 fully saturated rings. The van der Waals surface area contributed by atoms with Crippen LogP contribution in [-0.2, 0) is 14.6 Å². The third-order valence-electron chi connectivity index (χ3n) is 5.32. The van der Waals surface area contributed by atoms with Crippen LogP contribution in [0.3, 0.4) is 0 Å². The fourth-order valence-corrected chi connectivity index (χ4v) is 5.55. The van der Waals surface area contributed by atoms with E-state index in [1.807, 2.05) is 11.5 Å². The van der Waals surface area contributed by atoms with Crippen molar-refractivity contribution in [1.29, 1.82) is 0 Å². The van der Waals surface area contributed by atoms with E-state index in [1.165, 1.54) is 20.3 Å². The number of ketones is 1. The molecule has 0 amide bonds.